The highest BCUT2D eigenvalue weighted by Crippen LogP contribution is 2.27. The topological polar surface area (TPSA) is 92.7 Å². The Balaban J connectivity index is 2.05. The number of nitrogens with one attached hydrogen (secondary N) is 1. The van der Waals surface area contributed by atoms with Crippen molar-refractivity contribution in [2.75, 3.05) is 18.5 Å². The van der Waals surface area contributed by atoms with Crippen LogP contribution >= 0.6 is 11.3 Å². The quantitative estimate of drug-likeness (QED) is 0.455. The van der Waals surface area contributed by atoms with Crippen molar-refractivity contribution in [3.8, 4) is 0 Å². The van der Waals surface area contributed by atoms with Crippen LogP contribution in [0.15, 0.2) is 11.6 Å². The van der Waals surface area contributed by atoms with Gasteiger partial charge in [0.25, 0.3) is 4.96 Å². The van der Waals surface area contributed by atoms with Gasteiger partial charge in [-0.15, -0.1) is 0 Å². The fraction of sp³-hybridized carbons (Fsp3) is 0.500. The molecular formula is C10H14N4O3S. The van der Waals surface area contributed by atoms with Crippen LogP contribution in [-0.2, 0) is 0 Å². The van der Waals surface area contributed by atoms with Gasteiger partial charge in [-0.2, -0.15) is 9.38 Å². The van der Waals surface area contributed by atoms with Crippen molar-refractivity contribution in [1.29, 1.82) is 0 Å². The molecule has 0 unspecified atom stereocenters. The maximum atomic E-state index is 11.0. The van der Waals surface area contributed by atoms with Crippen LogP contribution in [0.25, 0.3) is 4.96 Å². The zero-order valence-corrected chi connectivity index (χ0v) is 10.5. The van der Waals surface area contributed by atoms with Gasteiger partial charge in [0.1, 0.15) is 6.20 Å². The summed E-state index contributed by atoms with van der Waals surface area (Å²) in [5.74, 6) is 0.296. The summed E-state index contributed by atoms with van der Waals surface area (Å²) in [5.41, 5.74) is 0. The van der Waals surface area contributed by atoms with Gasteiger partial charge in [-0.1, -0.05) is 11.3 Å². The summed E-state index contributed by atoms with van der Waals surface area (Å²) in [4.78, 5) is 15.4. The van der Waals surface area contributed by atoms with E-state index in [9.17, 15) is 10.1 Å². The molecule has 0 bridgehead atoms. The van der Waals surface area contributed by atoms with Gasteiger partial charge in [0.05, 0.1) is 0 Å². The first-order chi connectivity index (χ1) is 8.74. The van der Waals surface area contributed by atoms with Crippen molar-refractivity contribution >= 4 is 27.9 Å². The Hall–Kier alpha value is -1.67. The van der Waals surface area contributed by atoms with Gasteiger partial charge in [0, 0.05) is 18.5 Å². The minimum absolute atomic E-state index is 0.0200. The van der Waals surface area contributed by atoms with Gasteiger partial charge in [-0.3, -0.25) is 0 Å². The molecule has 0 aliphatic carbocycles. The number of rotatable bonds is 7. The minimum atomic E-state index is -0.428. The van der Waals surface area contributed by atoms with Crippen LogP contribution in [0.3, 0.4) is 0 Å². The number of aliphatic hydroxyl groups is 1. The lowest BCUT2D eigenvalue weighted by atomic mass is 10.2. The van der Waals surface area contributed by atoms with Crippen molar-refractivity contribution in [2.24, 2.45) is 0 Å². The third kappa shape index (κ3) is 2.59. The summed E-state index contributed by atoms with van der Waals surface area (Å²) in [6.07, 6.45) is 4.13. The number of hydrogen-bond acceptors (Lipinski definition) is 6. The number of nitro groups is 1. The van der Waals surface area contributed by atoms with E-state index in [1.54, 1.807) is 11.6 Å². The normalized spacial score (nSPS) is 10.9. The second kappa shape index (κ2) is 5.78. The van der Waals surface area contributed by atoms with Crippen molar-refractivity contribution in [1.82, 2.24) is 9.38 Å². The summed E-state index contributed by atoms with van der Waals surface area (Å²) < 4.78 is 1.47. The molecule has 8 heteroatoms. The summed E-state index contributed by atoms with van der Waals surface area (Å²) in [6.45, 7) is 0.798. The standard InChI is InChI=1S/C10H14N4O3S/c15-6-3-1-2-4-11-8-9(14(16)17)13-5-7-18-10(13)12-8/h5,7,11,15H,1-4,6H2. The molecule has 0 saturated carbocycles. The highest BCUT2D eigenvalue weighted by molar-refractivity contribution is 7.15. The molecular weight excluding hydrogens is 256 g/mol. The molecule has 0 saturated heterocycles. The third-order valence-corrected chi connectivity index (χ3v) is 3.29. The second-order valence-electron chi connectivity index (χ2n) is 3.81. The van der Waals surface area contributed by atoms with Gasteiger partial charge < -0.3 is 20.5 Å². The van der Waals surface area contributed by atoms with Gasteiger partial charge >= 0.3 is 5.82 Å². The average Bonchev–Trinajstić information content (AvgIpc) is 2.87. The molecule has 2 aromatic heterocycles. The van der Waals surface area contributed by atoms with E-state index in [-0.39, 0.29) is 12.4 Å². The number of hydrogen-bond donors (Lipinski definition) is 2. The SMILES string of the molecule is O=[N+]([O-])c1c(NCCCCCO)nc2sccn12. The molecule has 0 amide bonds. The predicted molar refractivity (Wildman–Crippen MR) is 69.1 cm³/mol. The Morgan fingerprint density at radius 3 is 3.06 bits per heavy atom. The molecule has 2 aromatic rings. The van der Waals surface area contributed by atoms with E-state index in [1.165, 1.54) is 15.7 Å². The molecule has 2 rings (SSSR count). The first-order valence-electron chi connectivity index (χ1n) is 5.68. The van der Waals surface area contributed by atoms with Gasteiger partial charge in [-0.25, -0.2) is 0 Å². The average molecular weight is 270 g/mol. The van der Waals surface area contributed by atoms with Gasteiger partial charge in [0.2, 0.25) is 5.82 Å². The molecule has 0 aliphatic heterocycles. The monoisotopic (exact) mass is 270 g/mol. The van der Waals surface area contributed by atoms with Gasteiger partial charge in [0.15, 0.2) is 0 Å². The Morgan fingerprint density at radius 2 is 2.33 bits per heavy atom. The van der Waals surface area contributed by atoms with Crippen LogP contribution in [-0.4, -0.2) is 32.6 Å². The lowest BCUT2D eigenvalue weighted by Crippen LogP contribution is -2.05. The zero-order valence-electron chi connectivity index (χ0n) is 9.70. The summed E-state index contributed by atoms with van der Waals surface area (Å²) >= 11 is 1.36. The number of unbranched alkanes of at least 4 members (excludes halogenated alkanes) is 2. The molecule has 2 heterocycles. The number of aliphatic hydroxyl groups excluding tert-OH is 1. The molecule has 0 aromatic carbocycles. The number of aromatic nitrogens is 2. The Labute approximate surface area is 107 Å². The predicted octanol–water partition coefficient (Wildman–Crippen LogP) is 1.88. The summed E-state index contributed by atoms with van der Waals surface area (Å²) in [6, 6.07) is 0. The van der Waals surface area contributed by atoms with Crippen molar-refractivity contribution in [3.05, 3.63) is 21.7 Å². The molecule has 7 nitrogen and oxygen atoms in total. The smallest absolute Gasteiger partial charge is 0.372 e. The third-order valence-electron chi connectivity index (χ3n) is 2.54. The zero-order chi connectivity index (χ0) is 13.0. The van der Waals surface area contributed by atoms with Crippen LogP contribution in [0.4, 0.5) is 11.6 Å². The molecule has 0 spiro atoms. The van der Waals surface area contributed by atoms with Crippen molar-refractivity contribution < 1.29 is 10.0 Å². The highest BCUT2D eigenvalue weighted by Gasteiger charge is 2.22. The highest BCUT2D eigenvalue weighted by atomic mass is 32.1. The number of fused-ring (bicyclic) bond motifs is 1. The number of anilines is 1. The minimum Gasteiger partial charge on any atom is -0.396 e. The molecule has 0 atom stereocenters. The van der Waals surface area contributed by atoms with E-state index in [0.29, 0.717) is 17.3 Å². The van der Waals surface area contributed by atoms with Crippen LogP contribution in [0.5, 0.6) is 0 Å². The molecule has 0 aliphatic rings. The van der Waals surface area contributed by atoms with E-state index >= 15 is 0 Å². The summed E-state index contributed by atoms with van der Waals surface area (Å²) in [5, 5.41) is 24.4. The fourth-order valence-electron chi connectivity index (χ4n) is 1.69. The molecule has 2 N–H and O–H groups in total. The first kappa shape index (κ1) is 12.8. The second-order valence-corrected chi connectivity index (χ2v) is 4.68. The van der Waals surface area contributed by atoms with Crippen molar-refractivity contribution in [3.63, 3.8) is 0 Å². The van der Waals surface area contributed by atoms with Crippen LogP contribution in [0, 0.1) is 10.1 Å². The number of thiazole rings is 1. The molecule has 18 heavy (non-hydrogen) atoms. The van der Waals surface area contributed by atoms with E-state index in [2.05, 4.69) is 10.3 Å². The van der Waals surface area contributed by atoms with Crippen LogP contribution in [0.2, 0.25) is 0 Å². The number of nitrogens with zero attached hydrogens (tertiary/aromatic N) is 3. The van der Waals surface area contributed by atoms with E-state index in [4.69, 9.17) is 5.11 Å². The molecule has 0 fully saturated rings. The maximum absolute atomic E-state index is 11.0. The Bertz CT molecular complexity index is 536. The number of imidazole rings is 1. The fourth-order valence-corrected chi connectivity index (χ4v) is 2.40. The van der Waals surface area contributed by atoms with Crippen molar-refractivity contribution in [2.45, 2.75) is 19.3 Å². The maximum Gasteiger partial charge on any atom is 0.372 e. The Kier molecular flexibility index (Phi) is 4.11. The largest absolute Gasteiger partial charge is 0.396 e. The van der Waals surface area contributed by atoms with Crippen LogP contribution < -0.4 is 5.32 Å². The Morgan fingerprint density at radius 1 is 1.50 bits per heavy atom. The van der Waals surface area contributed by atoms with Gasteiger partial charge in [-0.05, 0) is 24.2 Å². The lowest BCUT2D eigenvalue weighted by molar-refractivity contribution is -0.389. The molecule has 98 valence electrons. The van der Waals surface area contributed by atoms with E-state index in [1.807, 2.05) is 0 Å². The lowest BCUT2D eigenvalue weighted by Gasteiger charge is -2.02. The van der Waals surface area contributed by atoms with E-state index in [0.717, 1.165) is 19.3 Å². The molecule has 0 radical (unpaired) electrons. The van der Waals surface area contributed by atoms with Crippen LogP contribution in [0.1, 0.15) is 19.3 Å². The van der Waals surface area contributed by atoms with E-state index < -0.39 is 4.92 Å². The first-order valence-corrected chi connectivity index (χ1v) is 6.56. The summed E-state index contributed by atoms with van der Waals surface area (Å²) in [7, 11) is 0.